The second-order valence-electron chi connectivity index (χ2n) is 5.78. The topological polar surface area (TPSA) is 83.9 Å². The van der Waals surface area contributed by atoms with Gasteiger partial charge in [0, 0.05) is 12.3 Å². The number of hydrogen-bond acceptors (Lipinski definition) is 5. The Morgan fingerprint density at radius 1 is 1.15 bits per heavy atom. The summed E-state index contributed by atoms with van der Waals surface area (Å²) in [5.74, 6) is 0.207. The first kappa shape index (κ1) is 18.8. The fourth-order valence-electron chi connectivity index (χ4n) is 2.74. The van der Waals surface area contributed by atoms with Gasteiger partial charge >= 0.3 is 5.97 Å². The zero-order valence-electron chi connectivity index (χ0n) is 13.9. The quantitative estimate of drug-likeness (QED) is 0.778. The Bertz CT molecular complexity index is 853. The maximum absolute atomic E-state index is 12.9. The molecular weight excluding hydrogens is 374 g/mol. The molecule has 0 aliphatic carbocycles. The molecule has 2 aromatic carbocycles. The fourth-order valence-corrected chi connectivity index (χ4v) is 6.02. The number of carbonyl (C=O) groups is 1. The van der Waals surface area contributed by atoms with Gasteiger partial charge in [0.1, 0.15) is 5.75 Å². The predicted molar refractivity (Wildman–Crippen MR) is 99.9 cm³/mol. The van der Waals surface area contributed by atoms with Crippen LogP contribution in [0.1, 0.15) is 5.56 Å². The summed E-state index contributed by atoms with van der Waals surface area (Å²) in [6.45, 7) is 0.104. The van der Waals surface area contributed by atoms with E-state index in [-0.39, 0.29) is 12.0 Å². The van der Waals surface area contributed by atoms with Crippen LogP contribution in [0, 0.1) is 0 Å². The summed E-state index contributed by atoms with van der Waals surface area (Å²) < 4.78 is 32.4. The van der Waals surface area contributed by atoms with Crippen molar-refractivity contribution in [1.29, 1.82) is 0 Å². The number of hydrogen-bond donors (Lipinski definition) is 1. The van der Waals surface area contributed by atoms with Crippen LogP contribution in [0.15, 0.2) is 59.5 Å². The van der Waals surface area contributed by atoms with Gasteiger partial charge in [-0.15, -0.1) is 11.8 Å². The molecule has 0 aromatic heterocycles. The van der Waals surface area contributed by atoms with E-state index in [1.807, 2.05) is 12.1 Å². The number of thioether (sulfide) groups is 1. The summed E-state index contributed by atoms with van der Waals surface area (Å²) in [7, 11) is -3.51. The average molecular weight is 393 g/mol. The van der Waals surface area contributed by atoms with Gasteiger partial charge in [0.25, 0.3) is 0 Å². The van der Waals surface area contributed by atoms with Gasteiger partial charge in [-0.05, 0) is 36.2 Å². The van der Waals surface area contributed by atoms with Crippen molar-refractivity contribution in [2.75, 3.05) is 18.9 Å². The molecule has 26 heavy (non-hydrogen) atoms. The van der Waals surface area contributed by atoms with Gasteiger partial charge in [-0.3, -0.25) is 0 Å². The van der Waals surface area contributed by atoms with Crippen molar-refractivity contribution in [3.63, 3.8) is 0 Å². The van der Waals surface area contributed by atoms with Crippen molar-refractivity contribution in [1.82, 2.24) is 4.31 Å². The molecule has 1 aliphatic rings. The molecule has 0 radical (unpaired) electrons. The van der Waals surface area contributed by atoms with E-state index in [0.29, 0.717) is 23.6 Å². The Morgan fingerprint density at radius 3 is 2.50 bits per heavy atom. The highest BCUT2D eigenvalue weighted by atomic mass is 32.2. The summed E-state index contributed by atoms with van der Waals surface area (Å²) in [6, 6.07) is 15.5. The zero-order valence-corrected chi connectivity index (χ0v) is 15.6. The largest absolute Gasteiger partial charge is 0.482 e. The highest BCUT2D eigenvalue weighted by Crippen LogP contribution is 2.32. The monoisotopic (exact) mass is 393 g/mol. The maximum Gasteiger partial charge on any atom is 0.341 e. The van der Waals surface area contributed by atoms with E-state index in [1.165, 1.54) is 0 Å². The van der Waals surface area contributed by atoms with Gasteiger partial charge in [-0.1, -0.05) is 30.3 Å². The van der Waals surface area contributed by atoms with Crippen molar-refractivity contribution >= 4 is 27.8 Å². The van der Waals surface area contributed by atoms with Crippen LogP contribution in [-0.2, 0) is 21.2 Å². The van der Waals surface area contributed by atoms with Crippen molar-refractivity contribution in [3.05, 3.63) is 60.2 Å². The number of carboxylic acid groups (broad SMARTS) is 1. The lowest BCUT2D eigenvalue weighted by atomic mass is 10.1. The van der Waals surface area contributed by atoms with Gasteiger partial charge in [0.05, 0.1) is 10.3 Å². The first-order valence-electron chi connectivity index (χ1n) is 8.09. The fraction of sp³-hybridized carbons (Fsp3) is 0.278. The number of aliphatic carboxylic acids is 1. The molecule has 2 aromatic rings. The summed E-state index contributed by atoms with van der Waals surface area (Å²) in [5.41, 5.74) is 0.973. The molecular formula is C18H19NO5S2. The van der Waals surface area contributed by atoms with Crippen LogP contribution in [0.5, 0.6) is 5.75 Å². The highest BCUT2D eigenvalue weighted by Gasteiger charge is 2.35. The maximum atomic E-state index is 12.9. The van der Waals surface area contributed by atoms with Crippen molar-refractivity contribution < 1.29 is 23.1 Å². The van der Waals surface area contributed by atoms with Gasteiger partial charge in [0.15, 0.2) is 6.61 Å². The van der Waals surface area contributed by atoms with E-state index >= 15 is 0 Å². The van der Waals surface area contributed by atoms with E-state index in [9.17, 15) is 13.2 Å². The minimum Gasteiger partial charge on any atom is -0.482 e. The van der Waals surface area contributed by atoms with Crippen LogP contribution in [-0.4, -0.2) is 48.1 Å². The predicted octanol–water partition coefficient (Wildman–Crippen LogP) is 2.46. The first-order valence-corrected chi connectivity index (χ1v) is 10.6. The summed E-state index contributed by atoms with van der Waals surface area (Å²) in [6.07, 6.45) is 0.579. The van der Waals surface area contributed by atoms with Crippen LogP contribution < -0.4 is 4.74 Å². The number of carboxylic acids is 1. The lowest BCUT2D eigenvalue weighted by Gasteiger charge is -2.23. The molecule has 0 saturated carbocycles. The van der Waals surface area contributed by atoms with Gasteiger partial charge in [-0.2, -0.15) is 4.31 Å². The minimum atomic E-state index is -3.51. The second kappa shape index (κ2) is 8.11. The third-order valence-electron chi connectivity index (χ3n) is 3.99. The molecule has 0 bridgehead atoms. The van der Waals surface area contributed by atoms with Crippen LogP contribution in [0.25, 0.3) is 0 Å². The Morgan fingerprint density at radius 2 is 1.85 bits per heavy atom. The zero-order chi connectivity index (χ0) is 18.6. The Hall–Kier alpha value is -2.03. The number of nitrogens with zero attached hydrogens (tertiary/aromatic N) is 1. The molecule has 0 spiro atoms. The molecule has 1 N–H and O–H groups in total. The summed E-state index contributed by atoms with van der Waals surface area (Å²) >= 11 is 1.62. The molecule has 1 heterocycles. The molecule has 1 fully saturated rings. The van der Waals surface area contributed by atoms with Crippen LogP contribution in [0.4, 0.5) is 0 Å². The molecule has 8 heteroatoms. The Kier molecular flexibility index (Phi) is 5.85. The molecule has 1 aliphatic heterocycles. The molecule has 6 nitrogen and oxygen atoms in total. The molecule has 1 saturated heterocycles. The van der Waals surface area contributed by atoms with E-state index in [1.54, 1.807) is 58.5 Å². The lowest BCUT2D eigenvalue weighted by molar-refractivity contribution is -0.139. The molecule has 3 rings (SSSR count). The Balaban J connectivity index is 1.70. The summed E-state index contributed by atoms with van der Waals surface area (Å²) in [5, 5.41) is 8.47. The molecule has 0 amide bonds. The number of benzene rings is 2. The van der Waals surface area contributed by atoms with Crippen molar-refractivity contribution in [2.45, 2.75) is 16.7 Å². The van der Waals surface area contributed by atoms with Gasteiger partial charge in [-0.25, -0.2) is 13.2 Å². The standard InChI is InChI=1S/C18H19NO5S2/c20-18(21)13-24-15-8-6-14(7-9-15)12-17-19(10-11-25-17)26(22,23)16-4-2-1-3-5-16/h1-9,17H,10-13H2,(H,20,21). The molecule has 1 atom stereocenters. The van der Waals surface area contributed by atoms with E-state index < -0.39 is 16.0 Å². The minimum absolute atomic E-state index is 0.161. The van der Waals surface area contributed by atoms with Crippen molar-refractivity contribution in [3.8, 4) is 5.75 Å². The van der Waals surface area contributed by atoms with E-state index in [0.717, 1.165) is 11.3 Å². The van der Waals surface area contributed by atoms with Crippen LogP contribution >= 0.6 is 11.8 Å². The third-order valence-corrected chi connectivity index (χ3v) is 7.27. The molecule has 138 valence electrons. The number of sulfonamides is 1. The third kappa shape index (κ3) is 4.38. The van der Waals surface area contributed by atoms with E-state index in [4.69, 9.17) is 9.84 Å². The SMILES string of the molecule is O=C(O)COc1ccc(CC2SCCN2S(=O)(=O)c2ccccc2)cc1. The molecule has 1 unspecified atom stereocenters. The van der Waals surface area contributed by atoms with Crippen molar-refractivity contribution in [2.24, 2.45) is 0 Å². The van der Waals surface area contributed by atoms with E-state index in [2.05, 4.69) is 0 Å². The normalized spacial score (nSPS) is 17.9. The van der Waals surface area contributed by atoms with Crippen LogP contribution in [0.3, 0.4) is 0 Å². The van der Waals surface area contributed by atoms with Gasteiger partial charge in [0.2, 0.25) is 10.0 Å². The van der Waals surface area contributed by atoms with Crippen LogP contribution in [0.2, 0.25) is 0 Å². The lowest BCUT2D eigenvalue weighted by Crippen LogP contribution is -2.36. The average Bonchev–Trinajstić information content (AvgIpc) is 3.11. The summed E-state index contributed by atoms with van der Waals surface area (Å²) in [4.78, 5) is 10.8. The Labute approximate surface area is 156 Å². The number of rotatable bonds is 7. The first-order chi connectivity index (χ1) is 12.5. The van der Waals surface area contributed by atoms with Gasteiger partial charge < -0.3 is 9.84 Å². The smallest absolute Gasteiger partial charge is 0.341 e. The highest BCUT2D eigenvalue weighted by molar-refractivity contribution is 8.01. The second-order valence-corrected chi connectivity index (χ2v) is 8.96. The number of ether oxygens (including phenoxy) is 1.